The number of carbonyl (C=O) groups excluding carboxylic acids is 2. The first-order valence-corrected chi connectivity index (χ1v) is 11.1. The van der Waals surface area contributed by atoms with Crippen LogP contribution in [0.25, 0.3) is 0 Å². The van der Waals surface area contributed by atoms with Gasteiger partial charge in [-0.3, -0.25) is 9.59 Å². The summed E-state index contributed by atoms with van der Waals surface area (Å²) in [5, 5.41) is 15.3. The highest BCUT2D eigenvalue weighted by molar-refractivity contribution is 5.88. The zero-order chi connectivity index (χ0) is 20.5. The van der Waals surface area contributed by atoms with E-state index < -0.39 is 12.1 Å². The average Bonchev–Trinajstić information content (AvgIpc) is 2.60. The molecule has 2 atom stereocenters. The zero-order valence-corrected chi connectivity index (χ0v) is 18.2. The highest BCUT2D eigenvalue weighted by Gasteiger charge is 2.25. The topological polar surface area (TPSA) is 78.4 Å². The molecular formula is C22H44N2O3. The molecule has 0 aliphatic carbocycles. The fourth-order valence-electron chi connectivity index (χ4n) is 3.02. The Hall–Kier alpha value is -1.10. The summed E-state index contributed by atoms with van der Waals surface area (Å²) in [4.78, 5) is 24.2. The highest BCUT2D eigenvalue weighted by Crippen LogP contribution is 2.11. The Balaban J connectivity index is 3.84. The van der Waals surface area contributed by atoms with Crippen LogP contribution in [0.3, 0.4) is 0 Å². The van der Waals surface area contributed by atoms with Gasteiger partial charge in [0.25, 0.3) is 0 Å². The van der Waals surface area contributed by atoms with Crippen LogP contribution in [0.2, 0.25) is 0 Å². The Bertz CT molecular complexity index is 384. The van der Waals surface area contributed by atoms with E-state index in [9.17, 15) is 14.7 Å². The van der Waals surface area contributed by atoms with E-state index in [0.717, 1.165) is 25.7 Å². The molecule has 5 nitrogen and oxygen atoms in total. The lowest BCUT2D eigenvalue weighted by molar-refractivity contribution is -0.131. The Kier molecular flexibility index (Phi) is 16.3. The number of rotatable bonds is 17. The summed E-state index contributed by atoms with van der Waals surface area (Å²) < 4.78 is 0. The minimum Gasteiger partial charge on any atom is -0.391 e. The van der Waals surface area contributed by atoms with E-state index in [1.54, 1.807) is 0 Å². The van der Waals surface area contributed by atoms with Crippen LogP contribution in [-0.2, 0) is 9.59 Å². The van der Waals surface area contributed by atoms with Crippen molar-refractivity contribution in [3.8, 4) is 0 Å². The molecule has 0 radical (unpaired) electrons. The highest BCUT2D eigenvalue weighted by atomic mass is 16.3. The molecule has 5 heteroatoms. The fraction of sp³-hybridized carbons (Fsp3) is 0.909. The molecule has 0 aliphatic rings. The van der Waals surface area contributed by atoms with Crippen molar-refractivity contribution in [3.05, 3.63) is 0 Å². The lowest BCUT2D eigenvalue weighted by Gasteiger charge is -2.21. The SMILES string of the molecule is CCCCCCCCCCCCC(=O)N[C@H](C(=O)NCCC(C)C)[C@@H](C)O. The van der Waals surface area contributed by atoms with Crippen molar-refractivity contribution in [2.24, 2.45) is 5.92 Å². The largest absolute Gasteiger partial charge is 0.391 e. The lowest BCUT2D eigenvalue weighted by atomic mass is 10.1. The van der Waals surface area contributed by atoms with Gasteiger partial charge >= 0.3 is 0 Å². The number of hydrogen-bond donors (Lipinski definition) is 3. The van der Waals surface area contributed by atoms with Gasteiger partial charge in [-0.15, -0.1) is 0 Å². The number of carbonyl (C=O) groups is 2. The Labute approximate surface area is 167 Å². The molecule has 3 N–H and O–H groups in total. The zero-order valence-electron chi connectivity index (χ0n) is 18.2. The Morgan fingerprint density at radius 1 is 0.852 bits per heavy atom. The summed E-state index contributed by atoms with van der Waals surface area (Å²) >= 11 is 0. The first-order valence-electron chi connectivity index (χ1n) is 11.1. The van der Waals surface area contributed by atoms with Gasteiger partial charge in [0, 0.05) is 13.0 Å². The van der Waals surface area contributed by atoms with Gasteiger partial charge in [0.2, 0.25) is 11.8 Å². The van der Waals surface area contributed by atoms with Crippen LogP contribution in [-0.4, -0.2) is 35.6 Å². The molecule has 0 unspecified atom stereocenters. The monoisotopic (exact) mass is 384 g/mol. The molecule has 0 aromatic rings. The van der Waals surface area contributed by atoms with Crippen molar-refractivity contribution in [1.82, 2.24) is 10.6 Å². The third-order valence-electron chi connectivity index (χ3n) is 4.86. The normalized spacial score (nSPS) is 13.4. The molecule has 0 saturated heterocycles. The third-order valence-corrected chi connectivity index (χ3v) is 4.86. The average molecular weight is 385 g/mol. The van der Waals surface area contributed by atoms with Crippen molar-refractivity contribution >= 4 is 11.8 Å². The second-order valence-electron chi connectivity index (χ2n) is 8.19. The third kappa shape index (κ3) is 15.6. The van der Waals surface area contributed by atoms with Crippen LogP contribution in [0.4, 0.5) is 0 Å². The number of nitrogens with one attached hydrogen (secondary N) is 2. The summed E-state index contributed by atoms with van der Waals surface area (Å²) in [7, 11) is 0. The lowest BCUT2D eigenvalue weighted by Crippen LogP contribution is -2.52. The van der Waals surface area contributed by atoms with Crippen LogP contribution >= 0.6 is 0 Å². The van der Waals surface area contributed by atoms with Crippen LogP contribution in [0.5, 0.6) is 0 Å². The van der Waals surface area contributed by atoms with Gasteiger partial charge < -0.3 is 15.7 Å². The van der Waals surface area contributed by atoms with Gasteiger partial charge in [0.1, 0.15) is 6.04 Å². The second-order valence-corrected chi connectivity index (χ2v) is 8.19. The molecule has 0 saturated carbocycles. The molecule has 0 aromatic carbocycles. The predicted octanol–water partition coefficient (Wildman–Crippen LogP) is 4.33. The van der Waals surface area contributed by atoms with Crippen molar-refractivity contribution in [2.45, 2.75) is 117 Å². The number of aliphatic hydroxyl groups is 1. The molecular weight excluding hydrogens is 340 g/mol. The summed E-state index contributed by atoms with van der Waals surface area (Å²) in [6, 6.07) is -0.868. The summed E-state index contributed by atoms with van der Waals surface area (Å²) in [5.41, 5.74) is 0. The van der Waals surface area contributed by atoms with E-state index >= 15 is 0 Å². The molecule has 0 heterocycles. The van der Waals surface area contributed by atoms with E-state index in [-0.39, 0.29) is 11.8 Å². The smallest absolute Gasteiger partial charge is 0.245 e. The Morgan fingerprint density at radius 2 is 1.37 bits per heavy atom. The maximum atomic E-state index is 12.2. The molecule has 0 bridgehead atoms. The van der Waals surface area contributed by atoms with Crippen LogP contribution in [0.15, 0.2) is 0 Å². The van der Waals surface area contributed by atoms with Gasteiger partial charge in [0.05, 0.1) is 6.10 Å². The molecule has 160 valence electrons. The van der Waals surface area contributed by atoms with E-state index in [0.29, 0.717) is 18.9 Å². The van der Waals surface area contributed by atoms with Gasteiger partial charge in [-0.1, -0.05) is 78.6 Å². The molecule has 27 heavy (non-hydrogen) atoms. The summed E-state index contributed by atoms with van der Waals surface area (Å²) in [6.07, 6.45) is 12.6. The van der Waals surface area contributed by atoms with E-state index in [4.69, 9.17) is 0 Å². The molecule has 0 fully saturated rings. The van der Waals surface area contributed by atoms with E-state index in [1.165, 1.54) is 51.9 Å². The van der Waals surface area contributed by atoms with E-state index in [1.807, 2.05) is 0 Å². The summed E-state index contributed by atoms with van der Waals surface area (Å²) in [5.74, 6) is 0.0442. The second kappa shape index (κ2) is 17.0. The first-order chi connectivity index (χ1) is 12.9. The molecule has 0 spiro atoms. The Morgan fingerprint density at radius 3 is 1.85 bits per heavy atom. The van der Waals surface area contributed by atoms with Gasteiger partial charge in [-0.2, -0.15) is 0 Å². The minimum atomic E-state index is -0.902. The predicted molar refractivity (Wildman–Crippen MR) is 113 cm³/mol. The maximum absolute atomic E-state index is 12.2. The van der Waals surface area contributed by atoms with Gasteiger partial charge in [0.15, 0.2) is 0 Å². The van der Waals surface area contributed by atoms with E-state index in [2.05, 4.69) is 31.4 Å². The quantitative estimate of drug-likeness (QED) is 0.327. The maximum Gasteiger partial charge on any atom is 0.245 e. The number of unbranched alkanes of at least 4 members (excludes halogenated alkanes) is 9. The standard InChI is InChI=1S/C22H44N2O3/c1-5-6-7-8-9-10-11-12-13-14-15-20(26)24-21(19(4)25)22(27)23-17-16-18(2)3/h18-19,21,25H,5-17H2,1-4H3,(H,23,27)(H,24,26)/t19-,21+/m1/s1. The molecule has 0 aromatic heterocycles. The van der Waals surface area contributed by atoms with Gasteiger partial charge in [-0.05, 0) is 25.7 Å². The van der Waals surface area contributed by atoms with Crippen molar-refractivity contribution in [1.29, 1.82) is 0 Å². The van der Waals surface area contributed by atoms with Crippen molar-refractivity contribution < 1.29 is 14.7 Å². The number of aliphatic hydroxyl groups excluding tert-OH is 1. The van der Waals surface area contributed by atoms with Crippen LogP contribution < -0.4 is 10.6 Å². The first kappa shape index (κ1) is 25.9. The number of hydrogen-bond acceptors (Lipinski definition) is 3. The van der Waals surface area contributed by atoms with Crippen molar-refractivity contribution in [3.63, 3.8) is 0 Å². The minimum absolute atomic E-state index is 0.153. The van der Waals surface area contributed by atoms with Crippen LogP contribution in [0.1, 0.15) is 105 Å². The van der Waals surface area contributed by atoms with Crippen LogP contribution in [0, 0.1) is 5.92 Å². The molecule has 0 aliphatic heterocycles. The fourth-order valence-corrected chi connectivity index (χ4v) is 3.02. The molecule has 2 amide bonds. The number of amides is 2. The van der Waals surface area contributed by atoms with Gasteiger partial charge in [-0.25, -0.2) is 0 Å². The van der Waals surface area contributed by atoms with Crippen molar-refractivity contribution in [2.75, 3.05) is 6.54 Å². The molecule has 0 rings (SSSR count). The summed E-state index contributed by atoms with van der Waals surface area (Å²) in [6.45, 7) is 8.51.